The molecule has 112 valence electrons. The van der Waals surface area contributed by atoms with Crippen LogP contribution in [-0.4, -0.2) is 5.91 Å². The van der Waals surface area contributed by atoms with Crippen molar-refractivity contribution in [1.29, 1.82) is 0 Å². The van der Waals surface area contributed by atoms with E-state index < -0.39 is 0 Å². The van der Waals surface area contributed by atoms with Gasteiger partial charge in [0.05, 0.1) is 6.04 Å². The second-order valence-electron chi connectivity index (χ2n) is 5.67. The van der Waals surface area contributed by atoms with Crippen LogP contribution in [0.1, 0.15) is 47.6 Å². The highest BCUT2D eigenvalue weighted by molar-refractivity contribution is 5.76. The molecule has 1 amide bonds. The Morgan fingerprint density at radius 3 is 2.57 bits per heavy atom. The summed E-state index contributed by atoms with van der Waals surface area (Å²) in [7, 11) is 0. The summed E-state index contributed by atoms with van der Waals surface area (Å²) in [5, 5.41) is 2.98. The lowest BCUT2D eigenvalue weighted by atomic mass is 10.0. The van der Waals surface area contributed by atoms with Gasteiger partial charge in [-0.05, 0) is 57.4 Å². The second kappa shape index (κ2) is 6.61. The third-order valence-electron chi connectivity index (χ3n) is 3.68. The van der Waals surface area contributed by atoms with E-state index in [0.717, 1.165) is 17.9 Å². The average Bonchev–Trinajstić information content (AvgIpc) is 2.84. The van der Waals surface area contributed by atoms with Gasteiger partial charge in [0.1, 0.15) is 11.5 Å². The lowest BCUT2D eigenvalue weighted by Gasteiger charge is -2.12. The summed E-state index contributed by atoms with van der Waals surface area (Å²) in [6, 6.07) is 10.1. The van der Waals surface area contributed by atoms with Gasteiger partial charge in [-0.3, -0.25) is 4.79 Å². The van der Waals surface area contributed by atoms with Crippen LogP contribution in [0.15, 0.2) is 34.7 Å². The molecule has 0 fully saturated rings. The van der Waals surface area contributed by atoms with Gasteiger partial charge in [-0.15, -0.1) is 0 Å². The van der Waals surface area contributed by atoms with Gasteiger partial charge >= 0.3 is 0 Å². The van der Waals surface area contributed by atoms with Crippen LogP contribution in [0.25, 0.3) is 0 Å². The number of rotatable bonds is 5. The molecule has 0 aliphatic rings. The van der Waals surface area contributed by atoms with Gasteiger partial charge < -0.3 is 9.73 Å². The molecule has 21 heavy (non-hydrogen) atoms. The lowest BCUT2D eigenvalue weighted by Crippen LogP contribution is -2.26. The zero-order valence-electron chi connectivity index (χ0n) is 13.2. The maximum Gasteiger partial charge on any atom is 0.220 e. The number of hydrogen-bond donors (Lipinski definition) is 1. The van der Waals surface area contributed by atoms with Crippen molar-refractivity contribution >= 4 is 5.91 Å². The molecule has 0 aliphatic heterocycles. The van der Waals surface area contributed by atoms with Crippen LogP contribution in [0.5, 0.6) is 0 Å². The molecule has 0 saturated heterocycles. The third kappa shape index (κ3) is 4.22. The largest absolute Gasteiger partial charge is 0.464 e. The molecule has 0 saturated carbocycles. The molecule has 0 radical (unpaired) electrons. The number of hydrogen-bond acceptors (Lipinski definition) is 2. The van der Waals surface area contributed by atoms with E-state index in [1.807, 2.05) is 26.0 Å². The normalized spacial score (nSPS) is 12.2. The molecule has 0 bridgehead atoms. The van der Waals surface area contributed by atoms with Crippen molar-refractivity contribution in [2.24, 2.45) is 0 Å². The Kier molecular flexibility index (Phi) is 4.84. The van der Waals surface area contributed by atoms with Crippen molar-refractivity contribution in [1.82, 2.24) is 5.32 Å². The van der Waals surface area contributed by atoms with Gasteiger partial charge in [-0.2, -0.15) is 0 Å². The van der Waals surface area contributed by atoms with Crippen LogP contribution >= 0.6 is 0 Å². The maximum absolute atomic E-state index is 12.0. The number of amides is 1. The summed E-state index contributed by atoms with van der Waals surface area (Å²) >= 11 is 0. The van der Waals surface area contributed by atoms with Gasteiger partial charge in [0.2, 0.25) is 5.91 Å². The Labute approximate surface area is 126 Å². The number of benzene rings is 1. The van der Waals surface area contributed by atoms with Crippen molar-refractivity contribution < 1.29 is 9.21 Å². The van der Waals surface area contributed by atoms with E-state index in [1.54, 1.807) is 0 Å². The Morgan fingerprint density at radius 1 is 1.19 bits per heavy atom. The Morgan fingerprint density at radius 2 is 1.95 bits per heavy atom. The highest BCUT2D eigenvalue weighted by Crippen LogP contribution is 2.16. The maximum atomic E-state index is 12.0. The zero-order valence-corrected chi connectivity index (χ0v) is 13.2. The predicted molar refractivity (Wildman–Crippen MR) is 84.2 cm³/mol. The first-order valence-electron chi connectivity index (χ1n) is 7.37. The molecule has 1 N–H and O–H groups in total. The van der Waals surface area contributed by atoms with E-state index in [9.17, 15) is 4.79 Å². The van der Waals surface area contributed by atoms with Gasteiger partial charge in [0.15, 0.2) is 0 Å². The quantitative estimate of drug-likeness (QED) is 0.901. The summed E-state index contributed by atoms with van der Waals surface area (Å²) in [6.07, 6.45) is 1.26. The molecular weight excluding hydrogens is 262 g/mol. The van der Waals surface area contributed by atoms with Gasteiger partial charge in [-0.25, -0.2) is 0 Å². The van der Waals surface area contributed by atoms with Gasteiger partial charge in [0, 0.05) is 6.42 Å². The fraction of sp³-hybridized carbons (Fsp3) is 0.389. The van der Waals surface area contributed by atoms with Gasteiger partial charge in [0.25, 0.3) is 0 Å². The predicted octanol–water partition coefficient (Wildman–Crippen LogP) is 4.01. The highest BCUT2D eigenvalue weighted by Gasteiger charge is 2.13. The standard InChI is InChI=1S/C18H23NO2/c1-12-5-7-16(13(2)11-12)8-10-18(20)19-15(4)17-9-6-14(3)21-17/h5-7,9,11,15H,8,10H2,1-4H3,(H,19,20). The molecule has 2 rings (SSSR count). The summed E-state index contributed by atoms with van der Waals surface area (Å²) in [5.74, 6) is 1.71. The van der Waals surface area contributed by atoms with Crippen LogP contribution in [0.3, 0.4) is 0 Å². The zero-order chi connectivity index (χ0) is 15.4. The molecule has 1 aromatic carbocycles. The molecule has 1 heterocycles. The first-order valence-corrected chi connectivity index (χ1v) is 7.37. The van der Waals surface area contributed by atoms with E-state index >= 15 is 0 Å². The number of aryl methyl sites for hydroxylation is 4. The fourth-order valence-corrected chi connectivity index (χ4v) is 2.45. The molecule has 1 atom stereocenters. The van der Waals surface area contributed by atoms with Gasteiger partial charge in [-0.1, -0.05) is 23.8 Å². The van der Waals surface area contributed by atoms with Crippen molar-refractivity contribution in [3.8, 4) is 0 Å². The van der Waals surface area contributed by atoms with Crippen LogP contribution in [0.4, 0.5) is 0 Å². The first kappa shape index (κ1) is 15.4. The van der Waals surface area contributed by atoms with Crippen molar-refractivity contribution in [2.75, 3.05) is 0 Å². The van der Waals surface area contributed by atoms with Crippen LogP contribution in [0.2, 0.25) is 0 Å². The lowest BCUT2D eigenvalue weighted by molar-refractivity contribution is -0.121. The molecular formula is C18H23NO2. The third-order valence-corrected chi connectivity index (χ3v) is 3.68. The molecule has 0 spiro atoms. The summed E-state index contributed by atoms with van der Waals surface area (Å²) in [5.41, 5.74) is 3.73. The minimum Gasteiger partial charge on any atom is -0.464 e. The molecule has 3 heteroatoms. The molecule has 3 nitrogen and oxygen atoms in total. The average molecular weight is 285 g/mol. The molecule has 2 aromatic rings. The van der Waals surface area contributed by atoms with Crippen LogP contribution in [0, 0.1) is 20.8 Å². The second-order valence-corrected chi connectivity index (χ2v) is 5.67. The van der Waals surface area contributed by atoms with E-state index in [-0.39, 0.29) is 11.9 Å². The summed E-state index contributed by atoms with van der Waals surface area (Å²) < 4.78 is 5.53. The number of carbonyl (C=O) groups is 1. The van der Waals surface area contributed by atoms with E-state index in [1.165, 1.54) is 16.7 Å². The Balaban J connectivity index is 1.87. The summed E-state index contributed by atoms with van der Waals surface area (Å²) in [6.45, 7) is 8.01. The molecule has 1 aromatic heterocycles. The monoisotopic (exact) mass is 285 g/mol. The highest BCUT2D eigenvalue weighted by atomic mass is 16.3. The van der Waals surface area contributed by atoms with Crippen molar-refractivity contribution in [3.05, 3.63) is 58.5 Å². The number of nitrogens with one attached hydrogen (secondary N) is 1. The minimum absolute atomic E-state index is 0.0523. The fourth-order valence-electron chi connectivity index (χ4n) is 2.45. The molecule has 0 aliphatic carbocycles. The Bertz CT molecular complexity index is 628. The van der Waals surface area contributed by atoms with E-state index in [0.29, 0.717) is 6.42 Å². The van der Waals surface area contributed by atoms with Crippen molar-refractivity contribution in [2.45, 2.75) is 46.6 Å². The number of carbonyl (C=O) groups excluding carboxylic acids is 1. The minimum atomic E-state index is -0.0923. The van der Waals surface area contributed by atoms with Crippen LogP contribution in [-0.2, 0) is 11.2 Å². The van der Waals surface area contributed by atoms with E-state index in [2.05, 4.69) is 37.4 Å². The molecule has 1 unspecified atom stereocenters. The summed E-state index contributed by atoms with van der Waals surface area (Å²) in [4.78, 5) is 12.0. The van der Waals surface area contributed by atoms with E-state index in [4.69, 9.17) is 4.42 Å². The Hall–Kier alpha value is -2.03. The van der Waals surface area contributed by atoms with Crippen molar-refractivity contribution in [3.63, 3.8) is 0 Å². The smallest absolute Gasteiger partial charge is 0.220 e. The SMILES string of the molecule is Cc1ccc(CCC(=O)NC(C)c2ccc(C)o2)c(C)c1. The topological polar surface area (TPSA) is 42.2 Å². The van der Waals surface area contributed by atoms with Crippen LogP contribution < -0.4 is 5.32 Å². The first-order chi connectivity index (χ1) is 9.95. The number of furan rings is 1.